The zero-order valence-corrected chi connectivity index (χ0v) is 12.9. The van der Waals surface area contributed by atoms with Gasteiger partial charge in [0.2, 0.25) is 11.8 Å². The Balaban J connectivity index is 1.71. The summed E-state index contributed by atoms with van der Waals surface area (Å²) in [6.07, 6.45) is 2.02. The van der Waals surface area contributed by atoms with Gasteiger partial charge in [0.25, 0.3) is 5.91 Å². The van der Waals surface area contributed by atoms with Crippen molar-refractivity contribution in [1.82, 2.24) is 15.5 Å². The summed E-state index contributed by atoms with van der Waals surface area (Å²) in [7, 11) is 0. The van der Waals surface area contributed by atoms with Crippen LogP contribution in [-0.4, -0.2) is 48.8 Å². The summed E-state index contributed by atoms with van der Waals surface area (Å²) >= 11 is 5.80. The van der Waals surface area contributed by atoms with Crippen LogP contribution in [0.2, 0.25) is 5.02 Å². The molecule has 3 amide bonds. The fourth-order valence-corrected chi connectivity index (χ4v) is 2.40. The van der Waals surface area contributed by atoms with Crippen LogP contribution in [0.4, 0.5) is 0 Å². The van der Waals surface area contributed by atoms with Crippen molar-refractivity contribution in [2.45, 2.75) is 12.8 Å². The molecule has 2 N–H and O–H groups in total. The third-order valence-corrected chi connectivity index (χ3v) is 3.63. The van der Waals surface area contributed by atoms with Crippen molar-refractivity contribution < 1.29 is 14.4 Å². The lowest BCUT2D eigenvalue weighted by Crippen LogP contribution is -2.42. The molecule has 1 fully saturated rings. The van der Waals surface area contributed by atoms with Gasteiger partial charge in [0.15, 0.2) is 0 Å². The van der Waals surface area contributed by atoms with Gasteiger partial charge in [0.05, 0.1) is 13.1 Å². The molecule has 7 heteroatoms. The summed E-state index contributed by atoms with van der Waals surface area (Å²) in [6, 6.07) is 6.45. The smallest absolute Gasteiger partial charge is 0.251 e. The Hall–Kier alpha value is -2.08. The molecule has 1 heterocycles. The van der Waals surface area contributed by atoms with Gasteiger partial charge in [-0.05, 0) is 31.0 Å². The lowest BCUT2D eigenvalue weighted by atomic mass is 10.2. The first kappa shape index (κ1) is 16.3. The van der Waals surface area contributed by atoms with E-state index in [1.54, 1.807) is 23.1 Å². The normalized spacial score (nSPS) is 13.8. The van der Waals surface area contributed by atoms with Crippen LogP contribution in [0.25, 0.3) is 0 Å². The Labute approximate surface area is 133 Å². The Morgan fingerprint density at radius 2 is 1.82 bits per heavy atom. The number of halogens is 1. The van der Waals surface area contributed by atoms with E-state index in [9.17, 15) is 14.4 Å². The van der Waals surface area contributed by atoms with E-state index in [0.717, 1.165) is 25.9 Å². The highest BCUT2D eigenvalue weighted by Crippen LogP contribution is 2.10. The van der Waals surface area contributed by atoms with Gasteiger partial charge >= 0.3 is 0 Å². The second kappa shape index (κ2) is 7.79. The molecule has 1 aliphatic heterocycles. The van der Waals surface area contributed by atoms with Crippen molar-refractivity contribution in [1.29, 1.82) is 0 Å². The molecule has 1 aliphatic rings. The highest BCUT2D eigenvalue weighted by atomic mass is 35.5. The van der Waals surface area contributed by atoms with Gasteiger partial charge in [-0.2, -0.15) is 0 Å². The van der Waals surface area contributed by atoms with Crippen molar-refractivity contribution in [3.63, 3.8) is 0 Å². The Morgan fingerprint density at radius 1 is 1.09 bits per heavy atom. The molecule has 0 spiro atoms. The van der Waals surface area contributed by atoms with E-state index >= 15 is 0 Å². The molecule has 0 aliphatic carbocycles. The fraction of sp³-hybridized carbons (Fsp3) is 0.400. The predicted octanol–water partition coefficient (Wildman–Crippen LogP) is 0.808. The van der Waals surface area contributed by atoms with Crippen LogP contribution in [0.1, 0.15) is 23.2 Å². The minimum absolute atomic E-state index is 0.0358. The third-order valence-electron chi connectivity index (χ3n) is 3.39. The number of nitrogens with one attached hydrogen (secondary N) is 2. The zero-order valence-electron chi connectivity index (χ0n) is 12.1. The van der Waals surface area contributed by atoms with Crippen LogP contribution in [0, 0.1) is 0 Å². The molecule has 1 aromatic rings. The molecular weight excluding hydrogens is 306 g/mol. The number of carbonyl (C=O) groups excluding carboxylic acids is 3. The zero-order chi connectivity index (χ0) is 15.9. The van der Waals surface area contributed by atoms with E-state index in [1.807, 2.05) is 0 Å². The molecule has 0 unspecified atom stereocenters. The first-order valence-corrected chi connectivity index (χ1v) is 7.52. The molecule has 0 bridgehead atoms. The van der Waals surface area contributed by atoms with Crippen molar-refractivity contribution in [2.24, 2.45) is 0 Å². The van der Waals surface area contributed by atoms with Gasteiger partial charge in [-0.1, -0.05) is 17.7 Å². The number of likely N-dealkylation sites (tertiary alicyclic amines) is 1. The predicted molar refractivity (Wildman–Crippen MR) is 82.6 cm³/mol. The number of carbonyl (C=O) groups is 3. The van der Waals surface area contributed by atoms with E-state index < -0.39 is 5.91 Å². The van der Waals surface area contributed by atoms with Gasteiger partial charge < -0.3 is 15.5 Å². The summed E-state index contributed by atoms with van der Waals surface area (Å²) < 4.78 is 0. The fourth-order valence-electron chi connectivity index (χ4n) is 2.21. The van der Waals surface area contributed by atoms with Gasteiger partial charge in [0.1, 0.15) is 0 Å². The van der Waals surface area contributed by atoms with E-state index in [2.05, 4.69) is 10.6 Å². The van der Waals surface area contributed by atoms with Gasteiger partial charge in [-0.3, -0.25) is 14.4 Å². The second-order valence-electron chi connectivity index (χ2n) is 5.06. The average Bonchev–Trinajstić information content (AvgIpc) is 3.04. The van der Waals surface area contributed by atoms with Gasteiger partial charge in [0, 0.05) is 23.7 Å². The summed E-state index contributed by atoms with van der Waals surface area (Å²) in [4.78, 5) is 36.9. The third kappa shape index (κ3) is 4.73. The van der Waals surface area contributed by atoms with Crippen LogP contribution in [-0.2, 0) is 9.59 Å². The summed E-state index contributed by atoms with van der Waals surface area (Å²) in [5.41, 5.74) is 0.383. The Kier molecular flexibility index (Phi) is 5.77. The minimum atomic E-state index is -0.400. The maximum absolute atomic E-state index is 11.8. The Bertz CT molecular complexity index is 571. The molecule has 2 rings (SSSR count). The van der Waals surface area contributed by atoms with E-state index in [4.69, 9.17) is 11.6 Å². The molecule has 22 heavy (non-hydrogen) atoms. The van der Waals surface area contributed by atoms with Gasteiger partial charge in [-0.15, -0.1) is 0 Å². The van der Waals surface area contributed by atoms with E-state index in [1.165, 1.54) is 6.07 Å². The number of hydrogen-bond donors (Lipinski definition) is 2. The minimum Gasteiger partial charge on any atom is -0.345 e. The monoisotopic (exact) mass is 323 g/mol. The molecule has 6 nitrogen and oxygen atoms in total. The molecule has 0 radical (unpaired) electrons. The first-order valence-electron chi connectivity index (χ1n) is 7.14. The van der Waals surface area contributed by atoms with E-state index in [-0.39, 0.29) is 24.9 Å². The highest BCUT2D eigenvalue weighted by Gasteiger charge is 2.18. The topological polar surface area (TPSA) is 78.5 Å². The van der Waals surface area contributed by atoms with E-state index in [0.29, 0.717) is 10.6 Å². The van der Waals surface area contributed by atoms with Crippen LogP contribution in [0.15, 0.2) is 24.3 Å². The molecule has 1 saturated heterocycles. The molecular formula is C15H18ClN3O3. The quantitative estimate of drug-likeness (QED) is 0.841. The Morgan fingerprint density at radius 3 is 2.50 bits per heavy atom. The lowest BCUT2D eigenvalue weighted by molar-refractivity contribution is -0.131. The van der Waals surface area contributed by atoms with Crippen LogP contribution < -0.4 is 10.6 Å². The molecule has 0 saturated carbocycles. The van der Waals surface area contributed by atoms with Gasteiger partial charge in [-0.25, -0.2) is 0 Å². The standard InChI is InChI=1S/C15H18ClN3O3/c16-12-5-3-4-11(8-12)15(22)18-9-13(20)17-10-14(21)19-6-1-2-7-19/h3-5,8H,1-2,6-7,9-10H2,(H,17,20)(H,18,22). The number of nitrogens with zero attached hydrogens (tertiary/aromatic N) is 1. The largest absolute Gasteiger partial charge is 0.345 e. The van der Waals surface area contributed by atoms with Crippen molar-refractivity contribution in [3.05, 3.63) is 34.9 Å². The van der Waals surface area contributed by atoms with Crippen molar-refractivity contribution in [2.75, 3.05) is 26.2 Å². The summed E-state index contributed by atoms with van der Waals surface area (Å²) in [5.74, 6) is -0.876. The van der Waals surface area contributed by atoms with Crippen LogP contribution in [0.3, 0.4) is 0 Å². The van der Waals surface area contributed by atoms with Crippen LogP contribution in [0.5, 0.6) is 0 Å². The lowest BCUT2D eigenvalue weighted by Gasteiger charge is -2.15. The molecule has 118 valence electrons. The second-order valence-corrected chi connectivity index (χ2v) is 5.49. The average molecular weight is 324 g/mol. The van der Waals surface area contributed by atoms with Crippen molar-refractivity contribution in [3.8, 4) is 0 Å². The molecule has 0 aromatic heterocycles. The highest BCUT2D eigenvalue weighted by molar-refractivity contribution is 6.30. The maximum atomic E-state index is 11.8. The number of hydrogen-bond acceptors (Lipinski definition) is 3. The maximum Gasteiger partial charge on any atom is 0.251 e. The van der Waals surface area contributed by atoms with Crippen LogP contribution >= 0.6 is 11.6 Å². The number of rotatable bonds is 5. The molecule has 0 atom stereocenters. The summed E-state index contributed by atoms with van der Waals surface area (Å²) in [5, 5.41) is 5.44. The first-order chi connectivity index (χ1) is 10.6. The summed E-state index contributed by atoms with van der Waals surface area (Å²) in [6.45, 7) is 1.28. The number of benzene rings is 1. The molecule has 1 aromatic carbocycles. The number of amides is 3. The SMILES string of the molecule is O=C(CNC(=O)c1cccc(Cl)c1)NCC(=O)N1CCCC1. The van der Waals surface area contributed by atoms with Crippen molar-refractivity contribution >= 4 is 29.3 Å².